The van der Waals surface area contributed by atoms with Gasteiger partial charge in [0.15, 0.2) is 0 Å². The van der Waals surface area contributed by atoms with E-state index in [2.05, 4.69) is 19.2 Å². The van der Waals surface area contributed by atoms with Crippen molar-refractivity contribution in [3.8, 4) is 0 Å². The zero-order chi connectivity index (χ0) is 11.1. The van der Waals surface area contributed by atoms with Gasteiger partial charge in [-0.3, -0.25) is 0 Å². The average molecular weight is 215 g/mol. The molecule has 3 atom stereocenters. The highest BCUT2D eigenvalue weighted by Crippen LogP contribution is 2.30. The minimum atomic E-state index is 0.691. The van der Waals surface area contributed by atoms with Crippen LogP contribution in [0, 0.1) is 11.8 Å². The summed E-state index contributed by atoms with van der Waals surface area (Å²) in [5, 5.41) is 3.57. The molecule has 90 valence electrons. The van der Waals surface area contributed by atoms with E-state index in [-0.39, 0.29) is 0 Å². The molecule has 0 aromatic heterocycles. The summed E-state index contributed by atoms with van der Waals surface area (Å²) in [6.45, 7) is 7.85. The molecule has 0 heterocycles. The minimum Gasteiger partial charge on any atom is -0.382 e. The zero-order valence-corrected chi connectivity index (χ0v) is 10.3. The molecule has 0 saturated heterocycles. The van der Waals surface area contributed by atoms with Crippen LogP contribution in [0.1, 0.15) is 26.7 Å². The van der Waals surface area contributed by atoms with Crippen molar-refractivity contribution in [1.29, 1.82) is 0 Å². The first kappa shape index (κ1) is 12.9. The molecule has 1 aliphatic carbocycles. The number of methoxy groups -OCH3 is 1. The Morgan fingerprint density at radius 1 is 1.13 bits per heavy atom. The highest BCUT2D eigenvalue weighted by Gasteiger charge is 2.28. The third kappa shape index (κ3) is 4.49. The number of ether oxygens (including phenoxy) is 2. The Labute approximate surface area is 93.5 Å². The van der Waals surface area contributed by atoms with Crippen molar-refractivity contribution in [3.05, 3.63) is 0 Å². The van der Waals surface area contributed by atoms with Gasteiger partial charge < -0.3 is 14.8 Å². The number of hydrogen-bond acceptors (Lipinski definition) is 3. The van der Waals surface area contributed by atoms with Gasteiger partial charge in [-0.2, -0.15) is 0 Å². The first-order valence-electron chi connectivity index (χ1n) is 6.05. The molecule has 3 heteroatoms. The van der Waals surface area contributed by atoms with Crippen LogP contribution in [-0.2, 0) is 9.47 Å². The third-order valence-electron chi connectivity index (χ3n) is 3.55. The fourth-order valence-electron chi connectivity index (χ4n) is 2.21. The van der Waals surface area contributed by atoms with Crippen molar-refractivity contribution in [1.82, 2.24) is 5.32 Å². The van der Waals surface area contributed by atoms with Crippen molar-refractivity contribution in [2.24, 2.45) is 11.8 Å². The van der Waals surface area contributed by atoms with E-state index in [0.29, 0.717) is 19.3 Å². The summed E-state index contributed by atoms with van der Waals surface area (Å²) in [6.07, 6.45) is 2.68. The minimum absolute atomic E-state index is 0.691. The highest BCUT2D eigenvalue weighted by molar-refractivity contribution is 4.84. The summed E-state index contributed by atoms with van der Waals surface area (Å²) in [5.74, 6) is 1.68. The Bertz CT molecular complexity index is 164. The van der Waals surface area contributed by atoms with Crippen molar-refractivity contribution in [2.45, 2.75) is 32.7 Å². The van der Waals surface area contributed by atoms with Crippen LogP contribution in [-0.4, -0.2) is 39.5 Å². The van der Waals surface area contributed by atoms with E-state index in [1.54, 1.807) is 7.11 Å². The molecule has 15 heavy (non-hydrogen) atoms. The van der Waals surface area contributed by atoms with E-state index in [4.69, 9.17) is 9.47 Å². The maximum Gasteiger partial charge on any atom is 0.0700 e. The van der Waals surface area contributed by atoms with E-state index >= 15 is 0 Å². The van der Waals surface area contributed by atoms with Gasteiger partial charge in [-0.25, -0.2) is 0 Å². The van der Waals surface area contributed by atoms with E-state index in [0.717, 1.165) is 25.0 Å². The summed E-state index contributed by atoms with van der Waals surface area (Å²) < 4.78 is 10.3. The molecule has 0 bridgehead atoms. The van der Waals surface area contributed by atoms with Crippen molar-refractivity contribution < 1.29 is 9.47 Å². The Morgan fingerprint density at radius 2 is 1.93 bits per heavy atom. The van der Waals surface area contributed by atoms with Gasteiger partial charge >= 0.3 is 0 Å². The predicted molar refractivity (Wildman–Crippen MR) is 62.0 cm³/mol. The van der Waals surface area contributed by atoms with E-state index in [1.165, 1.54) is 12.8 Å². The van der Waals surface area contributed by atoms with Crippen LogP contribution in [0.3, 0.4) is 0 Å². The van der Waals surface area contributed by atoms with E-state index < -0.39 is 0 Å². The largest absolute Gasteiger partial charge is 0.382 e. The van der Waals surface area contributed by atoms with Gasteiger partial charge in [-0.1, -0.05) is 13.8 Å². The molecule has 0 aliphatic heterocycles. The summed E-state index contributed by atoms with van der Waals surface area (Å²) >= 11 is 0. The lowest BCUT2D eigenvalue weighted by molar-refractivity contribution is 0.0705. The molecule has 1 N–H and O–H groups in total. The monoisotopic (exact) mass is 215 g/mol. The van der Waals surface area contributed by atoms with Gasteiger partial charge in [0.05, 0.1) is 19.8 Å². The van der Waals surface area contributed by atoms with Crippen molar-refractivity contribution in [3.63, 3.8) is 0 Å². The van der Waals surface area contributed by atoms with Crippen LogP contribution in [0.25, 0.3) is 0 Å². The number of hydrogen-bond donors (Lipinski definition) is 1. The lowest BCUT2D eigenvalue weighted by Crippen LogP contribution is -2.34. The van der Waals surface area contributed by atoms with Gasteiger partial charge in [0.1, 0.15) is 0 Å². The maximum atomic E-state index is 5.41. The molecule has 0 spiro atoms. The van der Waals surface area contributed by atoms with Crippen LogP contribution < -0.4 is 5.32 Å². The van der Waals surface area contributed by atoms with Crippen molar-refractivity contribution >= 4 is 0 Å². The quantitative estimate of drug-likeness (QED) is 0.655. The summed E-state index contributed by atoms with van der Waals surface area (Å²) in [4.78, 5) is 0. The van der Waals surface area contributed by atoms with Crippen LogP contribution in [0.2, 0.25) is 0 Å². The highest BCUT2D eigenvalue weighted by atomic mass is 16.5. The van der Waals surface area contributed by atoms with Crippen LogP contribution >= 0.6 is 0 Å². The molecule has 3 nitrogen and oxygen atoms in total. The summed E-state index contributed by atoms with van der Waals surface area (Å²) in [7, 11) is 1.70. The summed E-state index contributed by atoms with van der Waals surface area (Å²) in [6, 6.07) is 0.700. The molecule has 0 radical (unpaired) electrons. The number of rotatable bonds is 7. The second-order valence-corrected chi connectivity index (χ2v) is 4.58. The normalized spacial score (nSPS) is 31.0. The molecule has 0 aromatic carbocycles. The topological polar surface area (TPSA) is 30.5 Å². The Kier molecular flexibility index (Phi) is 6.22. The molecule has 1 aliphatic rings. The molecule has 1 saturated carbocycles. The molecular weight excluding hydrogens is 190 g/mol. The lowest BCUT2D eigenvalue weighted by atomic mass is 9.98. The standard InChI is InChI=1S/C12H25NO2/c1-10-4-5-12(11(10)2)13-6-7-15-9-8-14-3/h10-13H,4-9H2,1-3H3. The maximum absolute atomic E-state index is 5.41. The molecular formula is C12H25NO2. The lowest BCUT2D eigenvalue weighted by Gasteiger charge is -2.19. The fraction of sp³-hybridized carbons (Fsp3) is 1.00. The summed E-state index contributed by atoms with van der Waals surface area (Å²) in [5.41, 5.74) is 0. The fourth-order valence-corrected chi connectivity index (χ4v) is 2.21. The predicted octanol–water partition coefficient (Wildman–Crippen LogP) is 1.67. The van der Waals surface area contributed by atoms with Crippen LogP contribution in [0.5, 0.6) is 0 Å². The van der Waals surface area contributed by atoms with Gasteiger partial charge in [-0.05, 0) is 24.7 Å². The second-order valence-electron chi connectivity index (χ2n) is 4.58. The Hall–Kier alpha value is -0.120. The second kappa shape index (κ2) is 7.20. The Morgan fingerprint density at radius 3 is 2.53 bits per heavy atom. The molecule has 1 fully saturated rings. The van der Waals surface area contributed by atoms with Gasteiger partial charge in [-0.15, -0.1) is 0 Å². The van der Waals surface area contributed by atoms with E-state index in [9.17, 15) is 0 Å². The molecule has 3 unspecified atom stereocenters. The average Bonchev–Trinajstić information content (AvgIpc) is 2.54. The van der Waals surface area contributed by atoms with Gasteiger partial charge in [0.2, 0.25) is 0 Å². The molecule has 0 aromatic rings. The first-order chi connectivity index (χ1) is 7.25. The van der Waals surface area contributed by atoms with Crippen LogP contribution in [0.15, 0.2) is 0 Å². The molecule has 1 rings (SSSR count). The van der Waals surface area contributed by atoms with Crippen molar-refractivity contribution in [2.75, 3.05) is 33.5 Å². The number of nitrogens with one attached hydrogen (secondary N) is 1. The molecule has 0 amide bonds. The van der Waals surface area contributed by atoms with Gasteiger partial charge in [0.25, 0.3) is 0 Å². The van der Waals surface area contributed by atoms with Crippen LogP contribution in [0.4, 0.5) is 0 Å². The zero-order valence-electron chi connectivity index (χ0n) is 10.3. The Balaban J connectivity index is 1.96. The van der Waals surface area contributed by atoms with E-state index in [1.807, 2.05) is 0 Å². The first-order valence-corrected chi connectivity index (χ1v) is 6.05. The smallest absolute Gasteiger partial charge is 0.0700 e. The third-order valence-corrected chi connectivity index (χ3v) is 3.55. The SMILES string of the molecule is COCCOCCNC1CCC(C)C1C. The van der Waals surface area contributed by atoms with Gasteiger partial charge in [0, 0.05) is 19.7 Å².